The van der Waals surface area contributed by atoms with Crippen LogP contribution in [0, 0.1) is 0 Å². The largest absolute Gasteiger partial charge is 0.439 e. The molecule has 8 heteroatoms. The molecule has 0 bridgehead atoms. The molecule has 0 saturated carbocycles. The second-order valence-electron chi connectivity index (χ2n) is 4.74. The van der Waals surface area contributed by atoms with Crippen LogP contribution in [0.15, 0.2) is 64.4 Å². The van der Waals surface area contributed by atoms with Crippen LogP contribution in [0.3, 0.4) is 0 Å². The predicted octanol–water partition coefficient (Wildman–Crippen LogP) is 1.50. The van der Waals surface area contributed by atoms with E-state index in [-0.39, 0.29) is 11.3 Å². The van der Waals surface area contributed by atoms with E-state index in [2.05, 4.69) is 15.3 Å². The lowest BCUT2D eigenvalue weighted by Gasteiger charge is -2.07. The SMILES string of the molecule is O=C(Nc1c[nH]c(=O)[nH]c1=O)c1cccc(Oc2ccccn2)c1. The van der Waals surface area contributed by atoms with E-state index < -0.39 is 17.2 Å². The summed E-state index contributed by atoms with van der Waals surface area (Å²) in [6, 6.07) is 11.6. The fourth-order valence-corrected chi connectivity index (χ4v) is 1.93. The summed E-state index contributed by atoms with van der Waals surface area (Å²) in [6.07, 6.45) is 2.72. The van der Waals surface area contributed by atoms with Crippen molar-refractivity contribution in [1.82, 2.24) is 15.0 Å². The molecule has 3 N–H and O–H groups in total. The van der Waals surface area contributed by atoms with Gasteiger partial charge in [-0.3, -0.25) is 14.6 Å². The molecule has 0 radical (unpaired) electrons. The van der Waals surface area contributed by atoms with Gasteiger partial charge in [0.15, 0.2) is 0 Å². The van der Waals surface area contributed by atoms with Gasteiger partial charge in [0.1, 0.15) is 11.4 Å². The molecular weight excluding hydrogens is 312 g/mol. The normalized spacial score (nSPS) is 10.2. The van der Waals surface area contributed by atoms with Gasteiger partial charge in [0.2, 0.25) is 5.88 Å². The van der Waals surface area contributed by atoms with Crippen molar-refractivity contribution in [1.29, 1.82) is 0 Å². The monoisotopic (exact) mass is 324 g/mol. The first-order valence-corrected chi connectivity index (χ1v) is 6.94. The molecule has 1 aromatic carbocycles. The van der Waals surface area contributed by atoms with Gasteiger partial charge >= 0.3 is 5.69 Å². The quantitative estimate of drug-likeness (QED) is 0.672. The number of nitrogens with one attached hydrogen (secondary N) is 3. The molecular formula is C16H12N4O4. The van der Waals surface area contributed by atoms with Crippen LogP contribution in [0.5, 0.6) is 11.6 Å². The van der Waals surface area contributed by atoms with E-state index in [0.717, 1.165) is 6.20 Å². The number of nitrogens with zero attached hydrogens (tertiary/aromatic N) is 1. The van der Waals surface area contributed by atoms with Crippen molar-refractivity contribution >= 4 is 11.6 Å². The van der Waals surface area contributed by atoms with E-state index >= 15 is 0 Å². The van der Waals surface area contributed by atoms with Gasteiger partial charge in [-0.15, -0.1) is 0 Å². The first-order valence-electron chi connectivity index (χ1n) is 6.94. The molecule has 0 atom stereocenters. The van der Waals surface area contributed by atoms with Crippen molar-refractivity contribution in [3.8, 4) is 11.6 Å². The van der Waals surface area contributed by atoms with Crippen LogP contribution in [0.1, 0.15) is 10.4 Å². The Bertz CT molecular complexity index is 979. The van der Waals surface area contributed by atoms with E-state index in [1.165, 1.54) is 6.07 Å². The molecule has 3 aromatic rings. The third kappa shape index (κ3) is 3.55. The number of carbonyl (C=O) groups is 1. The fourth-order valence-electron chi connectivity index (χ4n) is 1.93. The molecule has 0 aliphatic carbocycles. The summed E-state index contributed by atoms with van der Waals surface area (Å²) >= 11 is 0. The summed E-state index contributed by atoms with van der Waals surface area (Å²) in [5.74, 6) is 0.308. The van der Waals surface area contributed by atoms with Crippen LogP contribution in [0.2, 0.25) is 0 Å². The molecule has 2 heterocycles. The number of hydrogen-bond acceptors (Lipinski definition) is 5. The molecule has 1 amide bonds. The lowest BCUT2D eigenvalue weighted by atomic mass is 10.2. The highest BCUT2D eigenvalue weighted by Crippen LogP contribution is 2.20. The van der Waals surface area contributed by atoms with Crippen molar-refractivity contribution in [3.05, 3.63) is 81.3 Å². The average Bonchev–Trinajstić information content (AvgIpc) is 2.58. The Hall–Kier alpha value is -3.68. The molecule has 120 valence electrons. The van der Waals surface area contributed by atoms with E-state index in [1.807, 2.05) is 4.98 Å². The Morgan fingerprint density at radius 3 is 2.75 bits per heavy atom. The first kappa shape index (κ1) is 15.2. The second-order valence-corrected chi connectivity index (χ2v) is 4.74. The lowest BCUT2D eigenvalue weighted by Crippen LogP contribution is -2.26. The maximum Gasteiger partial charge on any atom is 0.325 e. The number of amides is 1. The van der Waals surface area contributed by atoms with Crippen LogP contribution in [-0.4, -0.2) is 20.9 Å². The minimum Gasteiger partial charge on any atom is -0.439 e. The maximum absolute atomic E-state index is 12.2. The standard InChI is InChI=1S/C16H12N4O4/c21-14(19-12-9-18-16(23)20-15(12)22)10-4-3-5-11(8-10)24-13-6-1-2-7-17-13/h1-9H,(H,19,21)(H2,18,20,22,23). The van der Waals surface area contributed by atoms with Crippen LogP contribution >= 0.6 is 0 Å². The van der Waals surface area contributed by atoms with E-state index in [9.17, 15) is 14.4 Å². The van der Waals surface area contributed by atoms with Crippen molar-refractivity contribution < 1.29 is 9.53 Å². The summed E-state index contributed by atoms with van der Waals surface area (Å²) in [5, 5.41) is 2.42. The molecule has 0 saturated heterocycles. The third-order valence-electron chi connectivity index (χ3n) is 3.02. The van der Waals surface area contributed by atoms with Gasteiger partial charge in [0.05, 0.1) is 0 Å². The number of rotatable bonds is 4. The minimum absolute atomic E-state index is 0.0596. The van der Waals surface area contributed by atoms with Crippen molar-refractivity contribution in [2.24, 2.45) is 0 Å². The van der Waals surface area contributed by atoms with E-state index in [1.54, 1.807) is 42.6 Å². The number of pyridine rings is 1. The first-order chi connectivity index (χ1) is 11.6. The molecule has 0 aliphatic heterocycles. The van der Waals surface area contributed by atoms with E-state index in [4.69, 9.17) is 4.74 Å². The smallest absolute Gasteiger partial charge is 0.325 e. The Labute approximate surface area is 135 Å². The van der Waals surface area contributed by atoms with Crippen molar-refractivity contribution in [2.45, 2.75) is 0 Å². The number of anilines is 1. The summed E-state index contributed by atoms with van der Waals surface area (Å²) in [4.78, 5) is 43.1. The number of carbonyl (C=O) groups excluding carboxylic acids is 1. The Kier molecular flexibility index (Phi) is 4.19. The Morgan fingerprint density at radius 1 is 1.12 bits per heavy atom. The van der Waals surface area contributed by atoms with Gasteiger partial charge in [-0.25, -0.2) is 9.78 Å². The molecule has 0 aliphatic rings. The maximum atomic E-state index is 12.2. The lowest BCUT2D eigenvalue weighted by molar-refractivity contribution is 0.102. The highest BCUT2D eigenvalue weighted by Gasteiger charge is 2.10. The molecule has 3 rings (SSSR count). The number of hydrogen-bond donors (Lipinski definition) is 3. The zero-order valence-corrected chi connectivity index (χ0v) is 12.3. The van der Waals surface area contributed by atoms with Crippen LogP contribution in [0.4, 0.5) is 5.69 Å². The predicted molar refractivity (Wildman–Crippen MR) is 86.4 cm³/mol. The van der Waals surface area contributed by atoms with Crippen LogP contribution in [-0.2, 0) is 0 Å². The average molecular weight is 324 g/mol. The second kappa shape index (κ2) is 6.61. The van der Waals surface area contributed by atoms with Gasteiger partial charge in [0.25, 0.3) is 11.5 Å². The summed E-state index contributed by atoms with van der Waals surface area (Å²) in [6.45, 7) is 0. The van der Waals surface area contributed by atoms with E-state index in [0.29, 0.717) is 11.6 Å². The minimum atomic E-state index is -0.687. The van der Waals surface area contributed by atoms with Crippen LogP contribution < -0.4 is 21.3 Å². The van der Waals surface area contributed by atoms with Gasteiger partial charge in [0, 0.05) is 24.0 Å². The van der Waals surface area contributed by atoms with Crippen molar-refractivity contribution in [3.63, 3.8) is 0 Å². The zero-order valence-electron chi connectivity index (χ0n) is 12.3. The summed E-state index contributed by atoms with van der Waals surface area (Å²) in [7, 11) is 0. The molecule has 2 aromatic heterocycles. The highest BCUT2D eigenvalue weighted by molar-refractivity contribution is 6.04. The zero-order chi connectivity index (χ0) is 16.9. The molecule has 8 nitrogen and oxygen atoms in total. The van der Waals surface area contributed by atoms with Gasteiger partial charge < -0.3 is 15.0 Å². The number of aromatic nitrogens is 3. The number of benzene rings is 1. The topological polar surface area (TPSA) is 117 Å². The highest BCUT2D eigenvalue weighted by atomic mass is 16.5. The summed E-state index contributed by atoms with van der Waals surface area (Å²) < 4.78 is 5.55. The van der Waals surface area contributed by atoms with Crippen LogP contribution in [0.25, 0.3) is 0 Å². The van der Waals surface area contributed by atoms with Crippen molar-refractivity contribution in [2.75, 3.05) is 5.32 Å². The molecule has 0 unspecified atom stereocenters. The molecule has 24 heavy (non-hydrogen) atoms. The third-order valence-corrected chi connectivity index (χ3v) is 3.02. The van der Waals surface area contributed by atoms with Gasteiger partial charge in [-0.05, 0) is 24.3 Å². The number of aromatic amines is 2. The molecule has 0 spiro atoms. The Balaban J connectivity index is 1.79. The van der Waals surface area contributed by atoms with Gasteiger partial charge in [-0.2, -0.15) is 0 Å². The van der Waals surface area contributed by atoms with Gasteiger partial charge in [-0.1, -0.05) is 12.1 Å². The summed E-state index contributed by atoms with van der Waals surface area (Å²) in [5.41, 5.74) is -1.11. The Morgan fingerprint density at radius 2 is 2.00 bits per heavy atom. The molecule has 0 fully saturated rings. The fraction of sp³-hybridized carbons (Fsp3) is 0. The number of H-pyrrole nitrogens is 2. The number of ether oxygens (including phenoxy) is 1.